The highest BCUT2D eigenvalue weighted by Gasteiger charge is 2.47. The number of dihydropyridines is 1. The molecule has 3 atom stereocenters. The van der Waals surface area contributed by atoms with Crippen LogP contribution in [0.3, 0.4) is 0 Å². The maximum Gasteiger partial charge on any atom is 0.337 e. The van der Waals surface area contributed by atoms with E-state index in [0.717, 1.165) is 48.1 Å². The third kappa shape index (κ3) is 4.73. The van der Waals surface area contributed by atoms with Gasteiger partial charge in [0.2, 0.25) is 0 Å². The third-order valence-electron chi connectivity index (χ3n) is 7.89. The minimum absolute atomic E-state index is 0.103. The van der Waals surface area contributed by atoms with E-state index in [1.807, 2.05) is 68.4 Å². The smallest absolute Gasteiger partial charge is 0.337 e. The highest BCUT2D eigenvalue weighted by molar-refractivity contribution is 6.12. The molecule has 2 aromatic rings. The van der Waals surface area contributed by atoms with E-state index in [9.17, 15) is 14.4 Å². The molecule has 192 valence electrons. The summed E-state index contributed by atoms with van der Waals surface area (Å²) < 4.78 is 10.9. The predicted molar refractivity (Wildman–Crippen MR) is 140 cm³/mol. The monoisotopic (exact) mass is 499 g/mol. The van der Waals surface area contributed by atoms with E-state index >= 15 is 0 Å². The van der Waals surface area contributed by atoms with Gasteiger partial charge in [-0.05, 0) is 61.6 Å². The Bertz CT molecular complexity index is 1270. The average Bonchev–Trinajstić information content (AvgIpc) is 3.41. The van der Waals surface area contributed by atoms with Gasteiger partial charge in [0.05, 0.1) is 12.7 Å². The zero-order valence-corrected chi connectivity index (χ0v) is 21.6. The van der Waals surface area contributed by atoms with E-state index < -0.39 is 23.8 Å². The highest BCUT2D eigenvalue weighted by atomic mass is 16.5. The first kappa shape index (κ1) is 25.0. The number of ether oxygens (including phenoxy) is 2. The molecule has 2 aliphatic carbocycles. The zero-order valence-electron chi connectivity index (χ0n) is 21.6. The summed E-state index contributed by atoms with van der Waals surface area (Å²) in [5.74, 6) is -2.97. The molecular weight excluding hydrogens is 466 g/mol. The molecule has 0 unspecified atom stereocenters. The predicted octanol–water partition coefficient (Wildman–Crippen LogP) is 5.45. The summed E-state index contributed by atoms with van der Waals surface area (Å²) in [6, 6.07) is 18.0. The van der Waals surface area contributed by atoms with Crippen molar-refractivity contribution in [2.24, 2.45) is 11.8 Å². The van der Waals surface area contributed by atoms with Gasteiger partial charge in [0.15, 0.2) is 5.78 Å². The summed E-state index contributed by atoms with van der Waals surface area (Å²) in [5, 5.41) is 3.33. The number of allylic oxidation sites excluding steroid dienone is 3. The number of hydrogen-bond donors (Lipinski definition) is 1. The Kier molecular flexibility index (Phi) is 7.00. The molecule has 0 bridgehead atoms. The van der Waals surface area contributed by atoms with Crippen molar-refractivity contribution in [2.75, 3.05) is 7.11 Å². The Balaban J connectivity index is 1.58. The second kappa shape index (κ2) is 10.4. The van der Waals surface area contributed by atoms with Crippen molar-refractivity contribution in [1.82, 2.24) is 5.32 Å². The Morgan fingerprint density at radius 2 is 1.59 bits per heavy atom. The minimum atomic E-state index is -0.901. The molecule has 0 saturated heterocycles. The molecule has 6 heteroatoms. The number of Topliss-reactive ketones (excluding diaryl/α,β-unsaturated/α-hetero) is 1. The van der Waals surface area contributed by atoms with E-state index in [4.69, 9.17) is 9.47 Å². The second-order valence-corrected chi connectivity index (χ2v) is 10.3. The molecule has 2 aromatic carbocycles. The molecule has 1 heterocycles. The van der Waals surface area contributed by atoms with Gasteiger partial charge in [-0.3, -0.25) is 9.59 Å². The topological polar surface area (TPSA) is 81.7 Å². The molecule has 0 spiro atoms. The molecule has 5 rings (SSSR count). The normalized spacial score (nSPS) is 24.0. The van der Waals surface area contributed by atoms with Crippen molar-refractivity contribution in [1.29, 1.82) is 0 Å². The second-order valence-electron chi connectivity index (χ2n) is 10.3. The summed E-state index contributed by atoms with van der Waals surface area (Å²) in [6.07, 6.45) is 4.22. The number of carbonyl (C=O) groups is 3. The van der Waals surface area contributed by atoms with Crippen LogP contribution < -0.4 is 5.32 Å². The van der Waals surface area contributed by atoms with Crippen LogP contribution in [0.4, 0.5) is 0 Å². The van der Waals surface area contributed by atoms with Gasteiger partial charge < -0.3 is 14.8 Å². The molecule has 3 aliphatic rings. The lowest BCUT2D eigenvalue weighted by atomic mass is 9.69. The van der Waals surface area contributed by atoms with Crippen molar-refractivity contribution in [3.63, 3.8) is 0 Å². The molecule has 0 amide bonds. The molecule has 37 heavy (non-hydrogen) atoms. The van der Waals surface area contributed by atoms with Crippen LogP contribution in [0.1, 0.15) is 57.4 Å². The van der Waals surface area contributed by atoms with E-state index in [2.05, 4.69) is 5.32 Å². The Morgan fingerprint density at radius 3 is 2.24 bits per heavy atom. The Morgan fingerprint density at radius 1 is 0.946 bits per heavy atom. The van der Waals surface area contributed by atoms with Gasteiger partial charge >= 0.3 is 11.9 Å². The number of carbonyl (C=O) groups excluding carboxylic acids is 3. The summed E-state index contributed by atoms with van der Waals surface area (Å²) in [4.78, 5) is 40.1. The summed E-state index contributed by atoms with van der Waals surface area (Å²) >= 11 is 0. The molecule has 0 aromatic heterocycles. The van der Waals surface area contributed by atoms with Crippen LogP contribution in [0, 0.1) is 11.8 Å². The van der Waals surface area contributed by atoms with Gasteiger partial charge in [0, 0.05) is 22.9 Å². The molecule has 6 nitrogen and oxygen atoms in total. The maximum atomic E-state index is 13.9. The van der Waals surface area contributed by atoms with Crippen LogP contribution in [-0.4, -0.2) is 30.9 Å². The number of nitrogens with one attached hydrogen (secondary N) is 1. The van der Waals surface area contributed by atoms with Gasteiger partial charge in [-0.2, -0.15) is 0 Å². The molecule has 0 radical (unpaired) electrons. The maximum absolute atomic E-state index is 13.9. The molecule has 1 N–H and O–H groups in total. The first-order chi connectivity index (χ1) is 17.9. The van der Waals surface area contributed by atoms with Crippen molar-refractivity contribution in [3.05, 3.63) is 82.7 Å². The van der Waals surface area contributed by atoms with E-state index in [1.54, 1.807) is 0 Å². The van der Waals surface area contributed by atoms with E-state index in [-0.39, 0.29) is 17.8 Å². The first-order valence-corrected chi connectivity index (χ1v) is 13.1. The van der Waals surface area contributed by atoms with Crippen LogP contribution in [-0.2, 0) is 23.9 Å². The van der Waals surface area contributed by atoms with Crippen molar-refractivity contribution in [2.45, 2.75) is 58.0 Å². The fourth-order valence-corrected chi connectivity index (χ4v) is 6.00. The number of rotatable bonds is 5. The lowest BCUT2D eigenvalue weighted by Gasteiger charge is -2.38. The molecule has 1 saturated carbocycles. The lowest BCUT2D eigenvalue weighted by Crippen LogP contribution is -2.43. The van der Waals surface area contributed by atoms with Gasteiger partial charge in [-0.1, -0.05) is 61.5 Å². The van der Waals surface area contributed by atoms with Gasteiger partial charge in [0.25, 0.3) is 0 Å². The number of hydrogen-bond acceptors (Lipinski definition) is 6. The van der Waals surface area contributed by atoms with Crippen LogP contribution >= 0.6 is 0 Å². The first-order valence-electron chi connectivity index (χ1n) is 13.1. The number of ketones is 1. The number of methoxy groups -OCH3 is 1. The van der Waals surface area contributed by atoms with Crippen molar-refractivity contribution < 1.29 is 23.9 Å². The molecular formula is C31H33NO5. The quantitative estimate of drug-likeness (QED) is 0.435. The number of benzene rings is 2. The third-order valence-corrected chi connectivity index (χ3v) is 7.89. The average molecular weight is 500 g/mol. The van der Waals surface area contributed by atoms with Crippen molar-refractivity contribution >= 4 is 17.7 Å². The van der Waals surface area contributed by atoms with Crippen LogP contribution in [0.2, 0.25) is 0 Å². The van der Waals surface area contributed by atoms with Gasteiger partial charge in [0.1, 0.15) is 12.0 Å². The fraction of sp³-hybridized carbons (Fsp3) is 0.387. The van der Waals surface area contributed by atoms with E-state index in [0.29, 0.717) is 23.3 Å². The standard InChI is InChI=1S/C31H33NO5/c1-18-17-24-28(29(33)25(18)30(34)36-3)27(22-15-13-21(14-16-22)20-9-5-4-6-10-20)26(19(2)32-24)31(35)37-23-11-7-8-12-23/h4-6,9-10,13-16,18,23,25,27,32H,7-8,11-12,17H2,1-3H3/t18-,25+,27+/m1/s1. The SMILES string of the molecule is COC(=O)[C@@H]1C(=O)C2=C(C[C@H]1C)NC(C)=C(C(=O)OC1CCCC1)[C@@H]2c1ccc(-c2ccccc2)cc1. The largest absolute Gasteiger partial charge is 0.468 e. The lowest BCUT2D eigenvalue weighted by molar-refractivity contribution is -0.151. The van der Waals surface area contributed by atoms with Gasteiger partial charge in [-0.25, -0.2) is 4.79 Å². The number of esters is 2. The van der Waals surface area contributed by atoms with Crippen LogP contribution in [0.15, 0.2) is 77.1 Å². The van der Waals surface area contributed by atoms with Crippen molar-refractivity contribution in [3.8, 4) is 11.1 Å². The molecule has 1 aliphatic heterocycles. The van der Waals surface area contributed by atoms with Crippen LogP contribution in [0.5, 0.6) is 0 Å². The Labute approximate surface area is 217 Å². The zero-order chi connectivity index (χ0) is 26.1. The summed E-state index contributed by atoms with van der Waals surface area (Å²) in [5.41, 5.74) is 5.30. The minimum Gasteiger partial charge on any atom is -0.468 e. The Hall–Kier alpha value is -3.67. The summed E-state index contributed by atoms with van der Waals surface area (Å²) in [6.45, 7) is 3.75. The van der Waals surface area contributed by atoms with Gasteiger partial charge in [-0.15, -0.1) is 0 Å². The van der Waals surface area contributed by atoms with Crippen LogP contribution in [0.25, 0.3) is 11.1 Å². The fourth-order valence-electron chi connectivity index (χ4n) is 6.00. The molecule has 1 fully saturated rings. The van der Waals surface area contributed by atoms with E-state index in [1.165, 1.54) is 7.11 Å². The summed E-state index contributed by atoms with van der Waals surface area (Å²) in [7, 11) is 1.31. The highest BCUT2D eigenvalue weighted by Crippen LogP contribution is 2.46.